The van der Waals surface area contributed by atoms with E-state index in [1.807, 2.05) is 0 Å². The Morgan fingerprint density at radius 2 is 2.14 bits per heavy atom. The van der Waals surface area contributed by atoms with E-state index in [0.29, 0.717) is 6.42 Å². The molecule has 116 valence electrons. The molecule has 0 radical (unpaired) electrons. The molecule has 5 heteroatoms. The Bertz CT molecular complexity index is 524. The van der Waals surface area contributed by atoms with Gasteiger partial charge in [0, 0.05) is 22.2 Å². The van der Waals surface area contributed by atoms with Crippen LogP contribution in [0.5, 0.6) is 0 Å². The molecule has 1 aliphatic rings. The summed E-state index contributed by atoms with van der Waals surface area (Å²) in [5, 5.41) is 2.98. The fourth-order valence-corrected chi connectivity index (χ4v) is 4.10. The standard InChI is InChI=1S/C16H24N2O2S/c1-10-9-12(11(2)21-10)5-3-8-15(19)18-14-7-4-6-13(14)16(17)20/h9,13-14H,3-8H2,1-2H3,(H2,17,20)(H,18,19)/t13-,14+/m1/s1. The number of nitrogens with two attached hydrogens (primary N) is 1. The minimum atomic E-state index is -0.290. The molecule has 0 saturated heterocycles. The van der Waals surface area contributed by atoms with Crippen LogP contribution in [0.3, 0.4) is 0 Å². The van der Waals surface area contributed by atoms with Crippen LogP contribution in [0, 0.1) is 19.8 Å². The topological polar surface area (TPSA) is 72.2 Å². The first-order chi connectivity index (χ1) is 9.97. The second kappa shape index (κ2) is 7.07. The fraction of sp³-hybridized carbons (Fsp3) is 0.625. The van der Waals surface area contributed by atoms with Gasteiger partial charge in [0.05, 0.1) is 5.92 Å². The molecular formula is C16H24N2O2S. The van der Waals surface area contributed by atoms with Gasteiger partial charge >= 0.3 is 0 Å². The summed E-state index contributed by atoms with van der Waals surface area (Å²) in [6.07, 6.45) is 4.92. The molecule has 0 unspecified atom stereocenters. The SMILES string of the molecule is Cc1cc(CCCC(=O)N[C@H]2CCC[C@H]2C(N)=O)c(C)s1. The number of primary amides is 1. The predicted molar refractivity (Wildman–Crippen MR) is 85.2 cm³/mol. The molecule has 0 bridgehead atoms. The van der Waals surface area contributed by atoms with Crippen LogP contribution in [0.15, 0.2) is 6.07 Å². The normalized spacial score (nSPS) is 21.4. The van der Waals surface area contributed by atoms with Crippen molar-refractivity contribution in [1.82, 2.24) is 5.32 Å². The van der Waals surface area contributed by atoms with Crippen molar-refractivity contribution in [1.29, 1.82) is 0 Å². The van der Waals surface area contributed by atoms with Crippen LogP contribution in [0.4, 0.5) is 0 Å². The average Bonchev–Trinajstić information content (AvgIpc) is 2.96. The van der Waals surface area contributed by atoms with Crippen LogP contribution in [0.1, 0.15) is 47.4 Å². The quantitative estimate of drug-likeness (QED) is 0.847. The first kappa shape index (κ1) is 16.0. The van der Waals surface area contributed by atoms with Gasteiger partial charge in [-0.2, -0.15) is 0 Å². The van der Waals surface area contributed by atoms with Gasteiger partial charge in [-0.25, -0.2) is 0 Å². The van der Waals surface area contributed by atoms with Gasteiger partial charge in [-0.15, -0.1) is 11.3 Å². The summed E-state index contributed by atoms with van der Waals surface area (Å²) >= 11 is 1.81. The third-order valence-corrected chi connectivity index (χ3v) is 5.23. The summed E-state index contributed by atoms with van der Waals surface area (Å²) in [5.74, 6) is -0.435. The number of hydrogen-bond donors (Lipinski definition) is 2. The van der Waals surface area contributed by atoms with Gasteiger partial charge in [0.2, 0.25) is 11.8 Å². The number of amides is 2. The zero-order chi connectivity index (χ0) is 15.4. The van der Waals surface area contributed by atoms with Crippen LogP contribution in [-0.2, 0) is 16.0 Å². The van der Waals surface area contributed by atoms with E-state index in [9.17, 15) is 9.59 Å². The Hall–Kier alpha value is -1.36. The van der Waals surface area contributed by atoms with E-state index < -0.39 is 0 Å². The summed E-state index contributed by atoms with van der Waals surface area (Å²) in [5.41, 5.74) is 6.72. The van der Waals surface area contributed by atoms with Crippen molar-refractivity contribution in [3.05, 3.63) is 21.4 Å². The van der Waals surface area contributed by atoms with Crippen molar-refractivity contribution >= 4 is 23.2 Å². The second-order valence-corrected chi connectivity index (χ2v) is 7.37. The highest BCUT2D eigenvalue weighted by atomic mass is 32.1. The van der Waals surface area contributed by atoms with Crippen LogP contribution >= 0.6 is 11.3 Å². The van der Waals surface area contributed by atoms with Crippen LogP contribution in [-0.4, -0.2) is 17.9 Å². The molecule has 2 rings (SSSR count). The number of carbonyl (C=O) groups is 2. The Labute approximate surface area is 130 Å². The molecule has 4 nitrogen and oxygen atoms in total. The fourth-order valence-electron chi connectivity index (χ4n) is 3.12. The van der Waals surface area contributed by atoms with Crippen molar-refractivity contribution < 1.29 is 9.59 Å². The number of hydrogen-bond acceptors (Lipinski definition) is 3. The predicted octanol–water partition coefficient (Wildman–Crippen LogP) is 2.46. The molecule has 3 N–H and O–H groups in total. The molecule has 0 aliphatic heterocycles. The number of thiophene rings is 1. The van der Waals surface area contributed by atoms with E-state index in [1.165, 1.54) is 15.3 Å². The van der Waals surface area contributed by atoms with Crippen molar-refractivity contribution in [2.45, 2.75) is 58.4 Å². The maximum absolute atomic E-state index is 12.0. The molecule has 2 amide bonds. The van der Waals surface area contributed by atoms with Crippen LogP contribution in [0.2, 0.25) is 0 Å². The molecule has 2 atom stereocenters. The van der Waals surface area contributed by atoms with Crippen molar-refractivity contribution in [2.75, 3.05) is 0 Å². The minimum absolute atomic E-state index is 0.0396. The van der Waals surface area contributed by atoms with Crippen molar-refractivity contribution in [3.63, 3.8) is 0 Å². The molecule has 1 aromatic rings. The Balaban J connectivity index is 1.75. The monoisotopic (exact) mass is 308 g/mol. The van der Waals surface area contributed by atoms with Gasteiger partial charge in [-0.05, 0) is 51.2 Å². The summed E-state index contributed by atoms with van der Waals surface area (Å²) < 4.78 is 0. The smallest absolute Gasteiger partial charge is 0.222 e. The van der Waals surface area contributed by atoms with Gasteiger partial charge in [0.1, 0.15) is 0 Å². The second-order valence-electron chi connectivity index (χ2n) is 5.91. The highest BCUT2D eigenvalue weighted by Crippen LogP contribution is 2.25. The molecule has 1 aliphatic carbocycles. The average molecular weight is 308 g/mol. The minimum Gasteiger partial charge on any atom is -0.369 e. The summed E-state index contributed by atoms with van der Waals surface area (Å²) in [6, 6.07) is 2.15. The molecule has 1 heterocycles. The number of aryl methyl sites for hydroxylation is 3. The lowest BCUT2D eigenvalue weighted by molar-refractivity contribution is -0.124. The van der Waals surface area contributed by atoms with Crippen LogP contribution in [0.25, 0.3) is 0 Å². The van der Waals surface area contributed by atoms with Gasteiger partial charge in [-0.1, -0.05) is 6.42 Å². The summed E-state index contributed by atoms with van der Waals surface area (Å²) in [7, 11) is 0. The molecule has 0 spiro atoms. The Morgan fingerprint density at radius 1 is 1.38 bits per heavy atom. The zero-order valence-electron chi connectivity index (χ0n) is 12.8. The van der Waals surface area contributed by atoms with E-state index in [4.69, 9.17) is 5.73 Å². The molecular weight excluding hydrogens is 284 g/mol. The Kier molecular flexibility index (Phi) is 5.39. The molecule has 1 saturated carbocycles. The Morgan fingerprint density at radius 3 is 2.76 bits per heavy atom. The number of carbonyl (C=O) groups excluding carboxylic acids is 2. The molecule has 0 aromatic carbocycles. The zero-order valence-corrected chi connectivity index (χ0v) is 13.6. The largest absolute Gasteiger partial charge is 0.369 e. The highest BCUT2D eigenvalue weighted by Gasteiger charge is 2.32. The van der Waals surface area contributed by atoms with Crippen LogP contribution < -0.4 is 11.1 Å². The van der Waals surface area contributed by atoms with E-state index in [-0.39, 0.29) is 23.8 Å². The van der Waals surface area contributed by atoms with E-state index >= 15 is 0 Å². The lowest BCUT2D eigenvalue weighted by Gasteiger charge is -2.18. The molecule has 21 heavy (non-hydrogen) atoms. The summed E-state index contributed by atoms with van der Waals surface area (Å²) in [4.78, 5) is 26.0. The third-order valence-electron chi connectivity index (χ3n) is 4.22. The highest BCUT2D eigenvalue weighted by molar-refractivity contribution is 7.12. The third kappa shape index (κ3) is 4.30. The maximum atomic E-state index is 12.0. The summed E-state index contributed by atoms with van der Waals surface area (Å²) in [6.45, 7) is 4.24. The first-order valence-corrected chi connectivity index (χ1v) is 8.43. The van der Waals surface area contributed by atoms with E-state index in [2.05, 4.69) is 25.2 Å². The van der Waals surface area contributed by atoms with E-state index in [0.717, 1.165) is 32.1 Å². The van der Waals surface area contributed by atoms with Gasteiger partial charge in [0.25, 0.3) is 0 Å². The maximum Gasteiger partial charge on any atom is 0.222 e. The first-order valence-electron chi connectivity index (χ1n) is 7.62. The van der Waals surface area contributed by atoms with Crippen molar-refractivity contribution in [3.8, 4) is 0 Å². The molecule has 1 aromatic heterocycles. The number of nitrogens with one attached hydrogen (secondary N) is 1. The molecule has 1 fully saturated rings. The number of rotatable bonds is 6. The van der Waals surface area contributed by atoms with E-state index in [1.54, 1.807) is 11.3 Å². The van der Waals surface area contributed by atoms with Gasteiger partial charge < -0.3 is 11.1 Å². The van der Waals surface area contributed by atoms with Crippen molar-refractivity contribution in [2.24, 2.45) is 11.7 Å². The van der Waals surface area contributed by atoms with Gasteiger partial charge in [-0.3, -0.25) is 9.59 Å². The van der Waals surface area contributed by atoms with Gasteiger partial charge in [0.15, 0.2) is 0 Å². The lowest BCUT2D eigenvalue weighted by Crippen LogP contribution is -2.42. The lowest BCUT2D eigenvalue weighted by atomic mass is 10.0.